The van der Waals surface area contributed by atoms with Crippen molar-refractivity contribution in [2.24, 2.45) is 0 Å². The Balaban J connectivity index is 1.52. The highest BCUT2D eigenvalue weighted by Gasteiger charge is 2.35. The molecule has 0 spiro atoms. The minimum Gasteiger partial charge on any atom is -0.489 e. The second-order valence-corrected chi connectivity index (χ2v) is 7.68. The molecule has 2 aliphatic rings. The number of halogens is 1. The van der Waals surface area contributed by atoms with Crippen molar-refractivity contribution in [2.45, 2.75) is 63.5 Å². The first-order chi connectivity index (χ1) is 11.1. The molecule has 0 radical (unpaired) electrons. The van der Waals surface area contributed by atoms with Gasteiger partial charge in [0.15, 0.2) is 0 Å². The SMILES string of the molecule is Cc1ccc(Cl)c(OCC2(O)CCN(C3CCCCC3)CC2)c1. The molecule has 1 heterocycles. The van der Waals surface area contributed by atoms with Gasteiger partial charge in [-0.1, -0.05) is 36.9 Å². The Labute approximate surface area is 144 Å². The molecule has 4 heteroatoms. The Bertz CT molecular complexity index is 520. The van der Waals surface area contributed by atoms with Crippen molar-refractivity contribution < 1.29 is 9.84 Å². The Morgan fingerprint density at radius 2 is 1.91 bits per heavy atom. The fourth-order valence-electron chi connectivity index (χ4n) is 3.83. The van der Waals surface area contributed by atoms with Gasteiger partial charge >= 0.3 is 0 Å². The molecule has 0 unspecified atom stereocenters. The first-order valence-electron chi connectivity index (χ1n) is 8.91. The topological polar surface area (TPSA) is 32.7 Å². The molecular weight excluding hydrogens is 310 g/mol. The molecular formula is C19H28ClNO2. The van der Waals surface area contributed by atoms with Crippen LogP contribution in [0, 0.1) is 6.92 Å². The molecule has 3 rings (SSSR count). The van der Waals surface area contributed by atoms with E-state index in [1.165, 1.54) is 32.1 Å². The van der Waals surface area contributed by atoms with E-state index in [-0.39, 0.29) is 0 Å². The van der Waals surface area contributed by atoms with Crippen LogP contribution in [0.3, 0.4) is 0 Å². The normalized spacial score (nSPS) is 22.9. The van der Waals surface area contributed by atoms with Gasteiger partial charge in [-0.2, -0.15) is 0 Å². The average Bonchev–Trinajstić information content (AvgIpc) is 2.57. The monoisotopic (exact) mass is 337 g/mol. The molecule has 1 saturated carbocycles. The fraction of sp³-hybridized carbons (Fsp3) is 0.684. The second-order valence-electron chi connectivity index (χ2n) is 7.27. The number of aliphatic hydroxyl groups is 1. The molecule has 2 fully saturated rings. The Morgan fingerprint density at radius 3 is 2.61 bits per heavy atom. The van der Waals surface area contributed by atoms with Gasteiger partial charge in [0.2, 0.25) is 0 Å². The Kier molecular flexibility index (Phi) is 5.50. The summed E-state index contributed by atoms with van der Waals surface area (Å²) in [6, 6.07) is 6.48. The van der Waals surface area contributed by atoms with E-state index in [2.05, 4.69) is 4.90 Å². The van der Waals surface area contributed by atoms with Crippen molar-refractivity contribution in [3.8, 4) is 5.75 Å². The molecule has 0 aromatic heterocycles. The third kappa shape index (κ3) is 4.40. The van der Waals surface area contributed by atoms with Crippen LogP contribution < -0.4 is 4.74 Å². The summed E-state index contributed by atoms with van der Waals surface area (Å²) in [5, 5.41) is 11.4. The van der Waals surface area contributed by atoms with Crippen LogP contribution in [-0.2, 0) is 0 Å². The lowest BCUT2D eigenvalue weighted by molar-refractivity contribution is -0.0618. The minimum absolute atomic E-state index is 0.328. The third-order valence-electron chi connectivity index (χ3n) is 5.40. The molecule has 0 amide bonds. The number of benzene rings is 1. The first-order valence-corrected chi connectivity index (χ1v) is 9.29. The van der Waals surface area contributed by atoms with Gasteiger partial charge < -0.3 is 14.7 Å². The maximum Gasteiger partial charge on any atom is 0.138 e. The lowest BCUT2D eigenvalue weighted by atomic mass is 9.88. The van der Waals surface area contributed by atoms with E-state index in [1.54, 1.807) is 0 Å². The summed E-state index contributed by atoms with van der Waals surface area (Å²) >= 11 is 6.17. The van der Waals surface area contributed by atoms with Crippen LogP contribution in [-0.4, -0.2) is 41.3 Å². The third-order valence-corrected chi connectivity index (χ3v) is 5.72. The van der Waals surface area contributed by atoms with Crippen LogP contribution in [0.2, 0.25) is 5.02 Å². The second kappa shape index (κ2) is 7.42. The number of hydrogen-bond donors (Lipinski definition) is 1. The van der Waals surface area contributed by atoms with Crippen LogP contribution in [0.25, 0.3) is 0 Å². The average molecular weight is 338 g/mol. The van der Waals surface area contributed by atoms with Crippen LogP contribution in [0.4, 0.5) is 0 Å². The lowest BCUT2D eigenvalue weighted by Crippen LogP contribution is -2.51. The number of likely N-dealkylation sites (tertiary alicyclic amines) is 1. The summed E-state index contributed by atoms with van der Waals surface area (Å²) < 4.78 is 5.84. The maximum atomic E-state index is 10.8. The fourth-order valence-corrected chi connectivity index (χ4v) is 4.00. The summed E-state index contributed by atoms with van der Waals surface area (Å²) in [6.07, 6.45) is 8.34. The van der Waals surface area contributed by atoms with Crippen LogP contribution in [0.5, 0.6) is 5.75 Å². The van der Waals surface area contributed by atoms with Crippen LogP contribution in [0.1, 0.15) is 50.5 Å². The summed E-state index contributed by atoms with van der Waals surface area (Å²) in [5.74, 6) is 0.676. The van der Waals surface area contributed by atoms with Crippen molar-refractivity contribution in [3.05, 3.63) is 28.8 Å². The number of hydrogen-bond acceptors (Lipinski definition) is 3. The number of rotatable bonds is 4. The van der Waals surface area contributed by atoms with Gasteiger partial charge in [-0.15, -0.1) is 0 Å². The first kappa shape index (κ1) is 17.1. The molecule has 1 aromatic rings. The molecule has 0 atom stereocenters. The number of piperidine rings is 1. The van der Waals surface area contributed by atoms with Gasteiger partial charge in [0.05, 0.1) is 5.02 Å². The number of nitrogens with zero attached hydrogens (tertiary/aromatic N) is 1. The lowest BCUT2D eigenvalue weighted by Gasteiger charge is -2.42. The zero-order valence-electron chi connectivity index (χ0n) is 14.1. The predicted octanol–water partition coefficient (Wildman–Crippen LogP) is 4.19. The molecule has 1 saturated heterocycles. The van der Waals surface area contributed by atoms with Gasteiger partial charge in [0.25, 0.3) is 0 Å². The van der Waals surface area contributed by atoms with E-state index in [0.29, 0.717) is 17.4 Å². The highest BCUT2D eigenvalue weighted by molar-refractivity contribution is 6.32. The summed E-state index contributed by atoms with van der Waals surface area (Å²) in [5.41, 5.74) is 0.390. The largest absolute Gasteiger partial charge is 0.489 e. The van der Waals surface area contributed by atoms with Gasteiger partial charge in [-0.3, -0.25) is 0 Å². The zero-order chi connectivity index (χ0) is 16.3. The molecule has 128 valence electrons. The van der Waals surface area contributed by atoms with Gasteiger partial charge in [0, 0.05) is 19.1 Å². The highest BCUT2D eigenvalue weighted by atomic mass is 35.5. The zero-order valence-corrected chi connectivity index (χ0v) is 14.8. The molecule has 1 N–H and O–H groups in total. The molecule has 1 aromatic carbocycles. The van der Waals surface area contributed by atoms with Crippen molar-refractivity contribution >= 4 is 11.6 Å². The van der Waals surface area contributed by atoms with E-state index < -0.39 is 5.60 Å². The minimum atomic E-state index is -0.724. The van der Waals surface area contributed by atoms with Gasteiger partial charge in [-0.25, -0.2) is 0 Å². The molecule has 1 aliphatic carbocycles. The Hall–Kier alpha value is -0.770. The molecule has 1 aliphatic heterocycles. The van der Waals surface area contributed by atoms with Crippen molar-refractivity contribution in [1.29, 1.82) is 0 Å². The smallest absolute Gasteiger partial charge is 0.138 e. The van der Waals surface area contributed by atoms with Crippen molar-refractivity contribution in [3.63, 3.8) is 0 Å². The van der Waals surface area contributed by atoms with E-state index >= 15 is 0 Å². The quantitative estimate of drug-likeness (QED) is 0.894. The van der Waals surface area contributed by atoms with Crippen molar-refractivity contribution in [1.82, 2.24) is 4.90 Å². The maximum absolute atomic E-state index is 10.8. The Morgan fingerprint density at radius 1 is 1.22 bits per heavy atom. The number of aryl methyl sites for hydroxylation is 1. The summed E-state index contributed by atoms with van der Waals surface area (Å²) in [7, 11) is 0. The molecule has 23 heavy (non-hydrogen) atoms. The summed E-state index contributed by atoms with van der Waals surface area (Å²) in [4.78, 5) is 2.58. The number of ether oxygens (including phenoxy) is 1. The molecule has 0 bridgehead atoms. The van der Waals surface area contributed by atoms with Crippen molar-refractivity contribution in [2.75, 3.05) is 19.7 Å². The van der Waals surface area contributed by atoms with E-state index in [0.717, 1.165) is 37.5 Å². The standard InChI is InChI=1S/C19H28ClNO2/c1-15-7-8-17(20)18(13-15)23-14-19(22)9-11-21(12-10-19)16-5-3-2-4-6-16/h7-8,13,16,22H,2-6,9-12,14H2,1H3. The molecule has 3 nitrogen and oxygen atoms in total. The van der Waals surface area contributed by atoms with Crippen LogP contribution in [0.15, 0.2) is 18.2 Å². The predicted molar refractivity (Wildman–Crippen MR) is 94.3 cm³/mol. The van der Waals surface area contributed by atoms with E-state index in [1.807, 2.05) is 25.1 Å². The highest BCUT2D eigenvalue weighted by Crippen LogP contribution is 2.31. The van der Waals surface area contributed by atoms with Gasteiger partial charge in [0.1, 0.15) is 18.0 Å². The van der Waals surface area contributed by atoms with E-state index in [4.69, 9.17) is 16.3 Å². The van der Waals surface area contributed by atoms with E-state index in [9.17, 15) is 5.11 Å². The van der Waals surface area contributed by atoms with Gasteiger partial charge in [-0.05, 0) is 50.3 Å². The summed E-state index contributed by atoms with van der Waals surface area (Å²) in [6.45, 7) is 4.30. The van der Waals surface area contributed by atoms with Crippen LogP contribution >= 0.6 is 11.6 Å².